The molecule has 1 rings (SSSR count). The van der Waals surface area contributed by atoms with E-state index in [1.165, 1.54) is 0 Å². The molecular weight excluding hydrogens is 495 g/mol. The van der Waals surface area contributed by atoms with Gasteiger partial charge in [-0.25, -0.2) is 4.79 Å². The van der Waals surface area contributed by atoms with Gasteiger partial charge >= 0.3 is 6.09 Å². The lowest BCUT2D eigenvalue weighted by atomic mass is 10.1. The quantitative estimate of drug-likeness (QED) is 0.250. The zero-order valence-electron chi connectivity index (χ0n) is 20.3. The number of hydrogen-bond acceptors (Lipinski definition) is 5. The Morgan fingerprint density at radius 3 is 2.17 bits per heavy atom. The highest BCUT2D eigenvalue weighted by Gasteiger charge is 2.25. The fourth-order valence-corrected chi connectivity index (χ4v) is 3.13. The minimum atomic E-state index is -0.515. The Bertz CT molecular complexity index is 528. The first-order valence-electron chi connectivity index (χ1n) is 11.0. The van der Waals surface area contributed by atoms with E-state index < -0.39 is 17.2 Å². The number of alkyl carbamates (subject to hydrolysis) is 1. The number of rotatable bonds is 8. The first-order valence-corrected chi connectivity index (χ1v) is 11.0. The summed E-state index contributed by atoms with van der Waals surface area (Å²) >= 11 is 0. The number of aliphatic imine (C=N–C) groups is 1. The van der Waals surface area contributed by atoms with Crippen molar-refractivity contribution in [1.82, 2.24) is 25.8 Å². The first kappa shape index (κ1) is 29.2. The topological polar surface area (TPSA) is 81.2 Å². The molecule has 0 aromatic rings. The summed E-state index contributed by atoms with van der Waals surface area (Å²) in [6.07, 6.45) is -0.421. The SMILES string of the molecule is CCNC(=NCC(C)(C)NC(=O)OC(C)(C)C)NCC(C)N1CCN(CC)CC1.I. The van der Waals surface area contributed by atoms with Crippen molar-refractivity contribution < 1.29 is 9.53 Å². The molecule has 8 nitrogen and oxygen atoms in total. The fraction of sp³-hybridized carbons (Fsp3) is 0.905. The van der Waals surface area contributed by atoms with Crippen LogP contribution in [0.2, 0.25) is 0 Å². The van der Waals surface area contributed by atoms with Crippen molar-refractivity contribution in [3.05, 3.63) is 0 Å². The molecule has 30 heavy (non-hydrogen) atoms. The molecular formula is C21H45IN6O2. The summed E-state index contributed by atoms with van der Waals surface area (Å²) in [5, 5.41) is 9.64. The molecule has 3 N–H and O–H groups in total. The van der Waals surface area contributed by atoms with Crippen molar-refractivity contribution in [2.24, 2.45) is 4.99 Å². The summed E-state index contributed by atoms with van der Waals surface area (Å²) < 4.78 is 5.35. The van der Waals surface area contributed by atoms with Gasteiger partial charge in [0.25, 0.3) is 0 Å². The van der Waals surface area contributed by atoms with Gasteiger partial charge in [0.2, 0.25) is 0 Å². The van der Waals surface area contributed by atoms with Crippen LogP contribution in [0.4, 0.5) is 4.79 Å². The van der Waals surface area contributed by atoms with Crippen LogP contribution in [0.15, 0.2) is 4.99 Å². The zero-order chi connectivity index (χ0) is 22.1. The molecule has 1 aliphatic heterocycles. The molecule has 1 atom stereocenters. The zero-order valence-corrected chi connectivity index (χ0v) is 22.6. The van der Waals surface area contributed by atoms with Gasteiger partial charge in [0.1, 0.15) is 5.60 Å². The average molecular weight is 541 g/mol. The molecule has 0 aromatic heterocycles. The Kier molecular flexibility index (Phi) is 13.2. The summed E-state index contributed by atoms with van der Waals surface area (Å²) in [7, 11) is 0. The molecule has 1 aliphatic rings. The Balaban J connectivity index is 0.00000841. The largest absolute Gasteiger partial charge is 0.444 e. The number of hydrogen-bond donors (Lipinski definition) is 3. The van der Waals surface area contributed by atoms with Gasteiger partial charge in [0.15, 0.2) is 5.96 Å². The van der Waals surface area contributed by atoms with E-state index in [1.54, 1.807) is 0 Å². The fourth-order valence-electron chi connectivity index (χ4n) is 3.13. The van der Waals surface area contributed by atoms with Crippen LogP contribution in [0, 0.1) is 0 Å². The van der Waals surface area contributed by atoms with E-state index in [4.69, 9.17) is 4.74 Å². The van der Waals surface area contributed by atoms with Gasteiger partial charge in [-0.05, 0) is 55.0 Å². The van der Waals surface area contributed by atoms with Crippen LogP contribution in [0.1, 0.15) is 55.4 Å². The van der Waals surface area contributed by atoms with Crippen LogP contribution in [0.5, 0.6) is 0 Å². The van der Waals surface area contributed by atoms with Crippen LogP contribution < -0.4 is 16.0 Å². The summed E-state index contributed by atoms with van der Waals surface area (Å²) in [6, 6.07) is 0.436. The number of guanidine groups is 1. The summed E-state index contributed by atoms with van der Waals surface area (Å²) in [5.74, 6) is 0.769. The maximum atomic E-state index is 12.1. The lowest BCUT2D eigenvalue weighted by Gasteiger charge is -2.37. The Morgan fingerprint density at radius 2 is 1.67 bits per heavy atom. The van der Waals surface area contributed by atoms with Crippen molar-refractivity contribution >= 4 is 36.0 Å². The van der Waals surface area contributed by atoms with E-state index in [0.29, 0.717) is 12.6 Å². The smallest absolute Gasteiger partial charge is 0.408 e. The first-order chi connectivity index (χ1) is 13.5. The van der Waals surface area contributed by atoms with E-state index in [-0.39, 0.29) is 24.0 Å². The molecule has 1 amide bonds. The maximum Gasteiger partial charge on any atom is 0.408 e. The lowest BCUT2D eigenvalue weighted by Crippen LogP contribution is -2.53. The maximum absolute atomic E-state index is 12.1. The minimum absolute atomic E-state index is 0. The predicted molar refractivity (Wildman–Crippen MR) is 136 cm³/mol. The van der Waals surface area contributed by atoms with Crippen molar-refractivity contribution in [1.29, 1.82) is 0 Å². The third-order valence-electron chi connectivity index (χ3n) is 4.86. The van der Waals surface area contributed by atoms with Gasteiger partial charge < -0.3 is 25.6 Å². The number of nitrogens with zero attached hydrogens (tertiary/aromatic N) is 3. The summed E-state index contributed by atoms with van der Waals surface area (Å²) in [5.41, 5.74) is -1.02. The lowest BCUT2D eigenvalue weighted by molar-refractivity contribution is 0.0476. The van der Waals surface area contributed by atoms with Crippen LogP contribution in [-0.2, 0) is 4.74 Å². The molecule has 0 aliphatic carbocycles. The van der Waals surface area contributed by atoms with Gasteiger partial charge in [-0.3, -0.25) is 9.89 Å². The van der Waals surface area contributed by atoms with E-state index in [1.807, 2.05) is 34.6 Å². The Hall–Kier alpha value is -0.810. The highest BCUT2D eigenvalue weighted by Crippen LogP contribution is 2.10. The normalized spacial score (nSPS) is 17.7. The summed E-state index contributed by atoms with van der Waals surface area (Å²) in [6.45, 7) is 23.7. The highest BCUT2D eigenvalue weighted by atomic mass is 127. The third-order valence-corrected chi connectivity index (χ3v) is 4.86. The molecule has 1 unspecified atom stereocenters. The van der Waals surface area contributed by atoms with E-state index in [2.05, 4.69) is 51.5 Å². The second kappa shape index (κ2) is 13.6. The van der Waals surface area contributed by atoms with E-state index >= 15 is 0 Å². The van der Waals surface area contributed by atoms with Crippen LogP contribution in [0.3, 0.4) is 0 Å². The van der Waals surface area contributed by atoms with E-state index in [0.717, 1.165) is 51.8 Å². The van der Waals surface area contributed by atoms with E-state index in [9.17, 15) is 4.79 Å². The second-order valence-electron chi connectivity index (χ2n) is 9.41. The van der Waals surface area contributed by atoms with Gasteiger partial charge in [-0.1, -0.05) is 6.92 Å². The van der Waals surface area contributed by atoms with Crippen molar-refractivity contribution in [3.63, 3.8) is 0 Å². The highest BCUT2D eigenvalue weighted by molar-refractivity contribution is 14.0. The minimum Gasteiger partial charge on any atom is -0.444 e. The number of nitrogens with one attached hydrogen (secondary N) is 3. The number of carbonyl (C=O) groups excluding carboxylic acids is 1. The number of ether oxygens (including phenoxy) is 1. The Morgan fingerprint density at radius 1 is 1.07 bits per heavy atom. The molecule has 0 saturated carbocycles. The van der Waals surface area contributed by atoms with Gasteiger partial charge in [0, 0.05) is 45.3 Å². The predicted octanol–water partition coefficient (Wildman–Crippen LogP) is 2.49. The third kappa shape index (κ3) is 12.1. The number of halogens is 1. The second-order valence-corrected chi connectivity index (χ2v) is 9.41. The molecule has 9 heteroatoms. The number of likely N-dealkylation sites (N-methyl/N-ethyl adjacent to an activating group) is 1. The molecule has 0 radical (unpaired) electrons. The Labute approximate surface area is 201 Å². The number of amides is 1. The molecule has 178 valence electrons. The standard InChI is InChI=1S/C21H44N6O2.HI/c1-9-22-18(23-15-17(3)27-13-11-26(10-2)12-14-27)24-16-21(7,8)25-19(28)29-20(4,5)6;/h17H,9-16H2,1-8H3,(H,25,28)(H2,22,23,24);1H. The monoisotopic (exact) mass is 540 g/mol. The molecule has 0 bridgehead atoms. The van der Waals surface area contributed by atoms with Crippen LogP contribution >= 0.6 is 24.0 Å². The van der Waals surface area contributed by atoms with Crippen LogP contribution in [-0.4, -0.2) is 91.4 Å². The average Bonchev–Trinajstić information content (AvgIpc) is 2.61. The van der Waals surface area contributed by atoms with Crippen molar-refractivity contribution in [3.8, 4) is 0 Å². The number of carbonyl (C=O) groups is 1. The molecule has 0 aromatic carbocycles. The van der Waals surface area contributed by atoms with Gasteiger partial charge in [0.05, 0.1) is 12.1 Å². The molecule has 1 fully saturated rings. The van der Waals surface area contributed by atoms with Gasteiger partial charge in [-0.2, -0.15) is 0 Å². The molecule has 1 heterocycles. The summed E-state index contributed by atoms with van der Waals surface area (Å²) in [4.78, 5) is 21.7. The molecule has 1 saturated heterocycles. The van der Waals surface area contributed by atoms with Crippen molar-refractivity contribution in [2.45, 2.75) is 72.6 Å². The van der Waals surface area contributed by atoms with Gasteiger partial charge in [-0.15, -0.1) is 24.0 Å². The molecule has 0 spiro atoms. The van der Waals surface area contributed by atoms with Crippen LogP contribution in [0.25, 0.3) is 0 Å². The van der Waals surface area contributed by atoms with Crippen molar-refractivity contribution in [2.75, 3.05) is 52.4 Å². The number of piperazine rings is 1.